The van der Waals surface area contributed by atoms with E-state index in [1.165, 1.54) is 25.3 Å². The molecule has 1 aromatic rings. The molecule has 0 aromatic carbocycles. The molecule has 120 valence electrons. The van der Waals surface area contributed by atoms with E-state index in [-0.39, 0.29) is 11.6 Å². The van der Waals surface area contributed by atoms with Crippen LogP contribution in [-0.4, -0.2) is 27.8 Å². The highest BCUT2D eigenvalue weighted by molar-refractivity contribution is 6.35. The summed E-state index contributed by atoms with van der Waals surface area (Å²) in [6.45, 7) is 3.85. The molecule has 6 heteroatoms. The van der Waals surface area contributed by atoms with E-state index in [0.717, 1.165) is 12.8 Å². The first kappa shape index (κ1) is 16.9. The zero-order valence-electron chi connectivity index (χ0n) is 13.0. The summed E-state index contributed by atoms with van der Waals surface area (Å²) in [4.78, 5) is 15.5. The van der Waals surface area contributed by atoms with Gasteiger partial charge in [-0.1, -0.05) is 31.9 Å². The molecule has 0 unspecified atom stereocenters. The van der Waals surface area contributed by atoms with E-state index < -0.39 is 5.97 Å². The van der Waals surface area contributed by atoms with E-state index >= 15 is 0 Å². The second-order valence-electron chi connectivity index (χ2n) is 6.19. The molecule has 0 atom stereocenters. The second-order valence-corrected chi connectivity index (χ2v) is 6.60. The summed E-state index contributed by atoms with van der Waals surface area (Å²) in [6.07, 6.45) is 5.80. The third kappa shape index (κ3) is 3.84. The minimum Gasteiger partial charge on any atom is -0.477 e. The molecule has 0 radical (unpaired) electrons. The molecule has 4 N–H and O–H groups in total. The number of halogens is 1. The van der Waals surface area contributed by atoms with Gasteiger partial charge in [0.2, 0.25) is 5.82 Å². The molecule has 2 rings (SSSR count). The van der Waals surface area contributed by atoms with Crippen molar-refractivity contribution in [3.63, 3.8) is 0 Å². The lowest BCUT2D eigenvalue weighted by Gasteiger charge is -2.21. The molecule has 22 heavy (non-hydrogen) atoms. The summed E-state index contributed by atoms with van der Waals surface area (Å²) in [5.74, 6) is -0.535. The molecule has 5 nitrogen and oxygen atoms in total. The molecule has 1 fully saturated rings. The SMILES string of the molecule is CC(C)C(=N)c1c(Cl)cc(C(=O)O)nc1[NH2+]C1CCCCC1. The van der Waals surface area contributed by atoms with Crippen LogP contribution in [0.5, 0.6) is 0 Å². The van der Waals surface area contributed by atoms with E-state index in [2.05, 4.69) is 4.98 Å². The fourth-order valence-corrected chi connectivity index (χ4v) is 3.14. The summed E-state index contributed by atoms with van der Waals surface area (Å²) in [5, 5.41) is 19.8. The molecule has 1 aromatic heterocycles. The van der Waals surface area contributed by atoms with Gasteiger partial charge in [0.05, 0.1) is 22.3 Å². The van der Waals surface area contributed by atoms with Crippen molar-refractivity contribution in [3.05, 3.63) is 22.3 Å². The summed E-state index contributed by atoms with van der Waals surface area (Å²) < 4.78 is 0. The van der Waals surface area contributed by atoms with E-state index in [4.69, 9.17) is 17.0 Å². The molecule has 1 aliphatic carbocycles. The van der Waals surface area contributed by atoms with Crippen molar-refractivity contribution in [2.24, 2.45) is 5.92 Å². The Morgan fingerprint density at radius 1 is 1.41 bits per heavy atom. The summed E-state index contributed by atoms with van der Waals surface area (Å²) in [7, 11) is 0. The molecule has 1 aliphatic rings. The van der Waals surface area contributed by atoms with Gasteiger partial charge in [-0.15, -0.1) is 0 Å². The Morgan fingerprint density at radius 2 is 2.05 bits per heavy atom. The van der Waals surface area contributed by atoms with Crippen LogP contribution in [0.1, 0.15) is 62.0 Å². The number of pyridine rings is 1. The summed E-state index contributed by atoms with van der Waals surface area (Å²) in [5.41, 5.74) is 0.913. The lowest BCUT2D eigenvalue weighted by Crippen LogP contribution is -2.85. The van der Waals surface area contributed by atoms with E-state index in [0.29, 0.717) is 28.2 Å². The molecule has 0 saturated heterocycles. The highest BCUT2D eigenvalue weighted by atomic mass is 35.5. The monoisotopic (exact) mass is 324 g/mol. The first-order valence-electron chi connectivity index (χ1n) is 7.77. The number of nitrogens with zero attached hydrogens (tertiary/aromatic N) is 1. The van der Waals surface area contributed by atoms with E-state index in [1.807, 2.05) is 19.2 Å². The fraction of sp³-hybridized carbons (Fsp3) is 0.562. The van der Waals surface area contributed by atoms with Gasteiger partial charge in [0.15, 0.2) is 5.69 Å². The normalized spacial score (nSPS) is 16.0. The van der Waals surface area contributed by atoms with Crippen LogP contribution in [0.4, 0.5) is 5.82 Å². The highest BCUT2D eigenvalue weighted by Gasteiger charge is 2.26. The Kier molecular flexibility index (Phi) is 5.53. The third-order valence-corrected chi connectivity index (χ3v) is 4.41. The van der Waals surface area contributed by atoms with Crippen LogP contribution in [-0.2, 0) is 0 Å². The maximum absolute atomic E-state index is 11.2. The highest BCUT2D eigenvalue weighted by Crippen LogP contribution is 2.25. The number of aromatic carboxylic acids is 1. The number of rotatable bonds is 5. The second kappa shape index (κ2) is 7.20. The summed E-state index contributed by atoms with van der Waals surface area (Å²) >= 11 is 6.27. The van der Waals surface area contributed by atoms with Crippen molar-refractivity contribution >= 4 is 29.1 Å². The number of carbonyl (C=O) groups is 1. The summed E-state index contributed by atoms with van der Waals surface area (Å²) in [6, 6.07) is 1.73. The zero-order chi connectivity index (χ0) is 16.3. The van der Waals surface area contributed by atoms with E-state index in [9.17, 15) is 9.90 Å². The Balaban J connectivity index is 2.41. The van der Waals surface area contributed by atoms with Crippen molar-refractivity contribution < 1.29 is 15.2 Å². The Hall–Kier alpha value is -1.46. The van der Waals surface area contributed by atoms with Gasteiger partial charge >= 0.3 is 5.97 Å². The van der Waals surface area contributed by atoms with Gasteiger partial charge in [0.25, 0.3) is 0 Å². The van der Waals surface area contributed by atoms with Gasteiger partial charge in [0.1, 0.15) is 0 Å². The van der Waals surface area contributed by atoms with Crippen LogP contribution in [0, 0.1) is 11.3 Å². The van der Waals surface area contributed by atoms with Crippen molar-refractivity contribution in [3.8, 4) is 0 Å². The third-order valence-electron chi connectivity index (χ3n) is 4.11. The van der Waals surface area contributed by atoms with Crippen LogP contribution >= 0.6 is 11.6 Å². The van der Waals surface area contributed by atoms with E-state index in [1.54, 1.807) is 0 Å². The van der Waals surface area contributed by atoms with Crippen molar-refractivity contribution in [2.75, 3.05) is 0 Å². The average molecular weight is 325 g/mol. The van der Waals surface area contributed by atoms with Gasteiger partial charge in [-0.2, -0.15) is 4.98 Å². The number of carboxylic acids is 1. The van der Waals surface area contributed by atoms with Gasteiger partial charge in [-0.05, 0) is 37.7 Å². The molecule has 0 spiro atoms. The Morgan fingerprint density at radius 3 is 2.59 bits per heavy atom. The standard InChI is InChI=1S/C16H22ClN3O2/c1-9(2)14(18)13-11(17)8-12(16(21)22)20-15(13)19-10-6-4-3-5-7-10/h8-10,18H,3-7H2,1-2H3,(H,19,20)(H,21,22)/p+1. The van der Waals surface area contributed by atoms with Crippen LogP contribution in [0.3, 0.4) is 0 Å². The fourth-order valence-electron chi connectivity index (χ4n) is 2.84. The quantitative estimate of drug-likeness (QED) is 0.727. The van der Waals surface area contributed by atoms with Crippen molar-refractivity contribution in [1.82, 2.24) is 4.98 Å². The molecular weight excluding hydrogens is 302 g/mol. The first-order valence-corrected chi connectivity index (χ1v) is 8.15. The van der Waals surface area contributed by atoms with Crippen LogP contribution in [0.15, 0.2) is 6.07 Å². The largest absolute Gasteiger partial charge is 0.477 e. The predicted octanol–water partition coefficient (Wildman–Crippen LogP) is 2.98. The lowest BCUT2D eigenvalue weighted by atomic mass is 9.94. The van der Waals surface area contributed by atoms with Crippen LogP contribution in [0.25, 0.3) is 0 Å². The molecule has 0 bridgehead atoms. The van der Waals surface area contributed by atoms with Gasteiger partial charge < -0.3 is 10.5 Å². The number of aromatic nitrogens is 1. The predicted molar refractivity (Wildman–Crippen MR) is 86.3 cm³/mol. The average Bonchev–Trinajstić information content (AvgIpc) is 2.47. The zero-order valence-corrected chi connectivity index (χ0v) is 13.8. The van der Waals surface area contributed by atoms with Gasteiger partial charge in [-0.3, -0.25) is 5.32 Å². The minimum absolute atomic E-state index is 0.00786. The first-order chi connectivity index (χ1) is 10.4. The number of hydrogen-bond acceptors (Lipinski definition) is 3. The number of nitrogens with one attached hydrogen (secondary N) is 1. The van der Waals surface area contributed by atoms with Crippen LogP contribution < -0.4 is 5.32 Å². The number of quaternary nitrogens is 1. The topological polar surface area (TPSA) is 90.7 Å². The number of carboxylic acid groups (broad SMARTS) is 1. The van der Waals surface area contributed by atoms with Crippen molar-refractivity contribution in [1.29, 1.82) is 5.41 Å². The Bertz CT molecular complexity index is 581. The minimum atomic E-state index is -1.09. The lowest BCUT2D eigenvalue weighted by molar-refractivity contribution is -0.617. The van der Waals surface area contributed by atoms with Crippen molar-refractivity contribution in [2.45, 2.75) is 52.0 Å². The van der Waals surface area contributed by atoms with Gasteiger partial charge in [-0.25, -0.2) is 4.79 Å². The molecular formula is C16H23ClN3O2+. The molecule has 0 amide bonds. The van der Waals surface area contributed by atoms with Gasteiger partial charge in [0, 0.05) is 0 Å². The maximum Gasteiger partial charge on any atom is 0.354 e. The molecule has 1 saturated carbocycles. The Labute approximate surface area is 135 Å². The van der Waals surface area contributed by atoms with Crippen LogP contribution in [0.2, 0.25) is 5.02 Å². The molecule has 1 heterocycles. The maximum atomic E-state index is 11.2. The molecule has 0 aliphatic heterocycles. The smallest absolute Gasteiger partial charge is 0.354 e. The number of hydrogen-bond donors (Lipinski definition) is 3. The number of nitrogens with two attached hydrogens (primary N) is 1.